The summed E-state index contributed by atoms with van der Waals surface area (Å²) in [5.74, 6) is -0.0727. The van der Waals surface area contributed by atoms with Crippen molar-refractivity contribution in [3.8, 4) is 0 Å². The molecule has 0 aliphatic heterocycles. The van der Waals surface area contributed by atoms with E-state index < -0.39 is 5.97 Å². The fourth-order valence-corrected chi connectivity index (χ4v) is 2.58. The fourth-order valence-electron chi connectivity index (χ4n) is 2.04. The van der Waals surface area contributed by atoms with Crippen LogP contribution in [0.15, 0.2) is 22.7 Å². The zero-order chi connectivity index (χ0) is 12.4. The number of halogens is 1. The van der Waals surface area contributed by atoms with Crippen LogP contribution >= 0.6 is 15.9 Å². The molecule has 0 bridgehead atoms. The molecule has 1 aromatic carbocycles. The average molecular weight is 298 g/mol. The third-order valence-electron chi connectivity index (χ3n) is 3.01. The van der Waals surface area contributed by atoms with Crippen molar-refractivity contribution in [1.29, 1.82) is 0 Å². The molecule has 1 aliphatic carbocycles. The molecule has 1 fully saturated rings. The van der Waals surface area contributed by atoms with Gasteiger partial charge in [0.2, 0.25) is 0 Å². The molecule has 1 atom stereocenters. The second-order valence-corrected chi connectivity index (χ2v) is 5.55. The normalized spacial score (nSPS) is 16.6. The summed E-state index contributed by atoms with van der Waals surface area (Å²) in [6.07, 6.45) is 3.75. The lowest BCUT2D eigenvalue weighted by Gasteiger charge is -2.17. The molecule has 1 aromatic rings. The van der Waals surface area contributed by atoms with Crippen LogP contribution in [0.3, 0.4) is 0 Å². The summed E-state index contributed by atoms with van der Waals surface area (Å²) in [7, 11) is 0. The topological polar surface area (TPSA) is 49.3 Å². The van der Waals surface area contributed by atoms with Gasteiger partial charge in [-0.15, -0.1) is 0 Å². The molecule has 1 unspecified atom stereocenters. The molecule has 0 aromatic heterocycles. The van der Waals surface area contributed by atoms with E-state index in [-0.39, 0.29) is 0 Å². The molecule has 0 amide bonds. The number of hydrogen-bond donors (Lipinski definition) is 2. The van der Waals surface area contributed by atoms with E-state index in [2.05, 4.69) is 28.2 Å². The predicted octanol–water partition coefficient (Wildman–Crippen LogP) is 3.75. The summed E-state index contributed by atoms with van der Waals surface area (Å²) in [6, 6.07) is 5.73. The van der Waals surface area contributed by atoms with Crippen LogP contribution < -0.4 is 5.32 Å². The van der Waals surface area contributed by atoms with E-state index in [4.69, 9.17) is 0 Å². The van der Waals surface area contributed by atoms with E-state index in [0.29, 0.717) is 21.8 Å². The standard InChI is InChI=1S/C13H16BrNO2/c1-8(7-9-5-6-9)15-11-4-2-3-10(14)12(11)13(16)17/h2-4,8-9,15H,5-7H2,1H3,(H,16,17). The third-order valence-corrected chi connectivity index (χ3v) is 3.67. The number of carboxylic acid groups (broad SMARTS) is 1. The highest BCUT2D eigenvalue weighted by molar-refractivity contribution is 9.10. The first kappa shape index (κ1) is 12.4. The minimum Gasteiger partial charge on any atom is -0.478 e. The minimum absolute atomic E-state index is 0.315. The van der Waals surface area contributed by atoms with Crippen LogP contribution in [0.2, 0.25) is 0 Å². The Morgan fingerprint density at radius 2 is 2.29 bits per heavy atom. The zero-order valence-corrected chi connectivity index (χ0v) is 11.3. The van der Waals surface area contributed by atoms with Crippen molar-refractivity contribution in [2.45, 2.75) is 32.2 Å². The van der Waals surface area contributed by atoms with Gasteiger partial charge < -0.3 is 10.4 Å². The Balaban J connectivity index is 2.13. The van der Waals surface area contributed by atoms with Gasteiger partial charge in [0.1, 0.15) is 0 Å². The molecule has 17 heavy (non-hydrogen) atoms. The van der Waals surface area contributed by atoms with Crippen molar-refractivity contribution in [1.82, 2.24) is 0 Å². The van der Waals surface area contributed by atoms with E-state index in [1.54, 1.807) is 6.07 Å². The highest BCUT2D eigenvalue weighted by atomic mass is 79.9. The predicted molar refractivity (Wildman–Crippen MR) is 71.5 cm³/mol. The van der Waals surface area contributed by atoms with Crippen molar-refractivity contribution in [3.63, 3.8) is 0 Å². The largest absolute Gasteiger partial charge is 0.478 e. The molecule has 0 saturated heterocycles. The number of carbonyl (C=O) groups is 1. The summed E-state index contributed by atoms with van der Waals surface area (Å²) in [5, 5.41) is 12.5. The maximum atomic E-state index is 11.2. The van der Waals surface area contributed by atoms with Crippen molar-refractivity contribution < 1.29 is 9.90 Å². The zero-order valence-electron chi connectivity index (χ0n) is 9.74. The van der Waals surface area contributed by atoms with Gasteiger partial charge >= 0.3 is 5.97 Å². The van der Waals surface area contributed by atoms with Gasteiger partial charge in [0.25, 0.3) is 0 Å². The molecule has 1 aliphatic rings. The summed E-state index contributed by atoms with van der Waals surface area (Å²) >= 11 is 3.28. The molecule has 1 saturated carbocycles. The Morgan fingerprint density at radius 1 is 1.59 bits per heavy atom. The maximum Gasteiger partial charge on any atom is 0.338 e. The lowest BCUT2D eigenvalue weighted by Crippen LogP contribution is -2.18. The number of aromatic carboxylic acids is 1. The number of nitrogens with one attached hydrogen (secondary N) is 1. The molecule has 0 spiro atoms. The van der Waals surface area contributed by atoms with Gasteiger partial charge in [-0.05, 0) is 47.3 Å². The van der Waals surface area contributed by atoms with E-state index >= 15 is 0 Å². The van der Waals surface area contributed by atoms with Gasteiger partial charge in [0.05, 0.1) is 11.3 Å². The highest BCUT2D eigenvalue weighted by Gasteiger charge is 2.24. The Morgan fingerprint density at radius 3 is 2.88 bits per heavy atom. The summed E-state index contributed by atoms with van der Waals surface area (Å²) in [6.45, 7) is 2.10. The van der Waals surface area contributed by atoms with Crippen LogP contribution in [-0.2, 0) is 0 Å². The van der Waals surface area contributed by atoms with E-state index in [9.17, 15) is 9.90 Å². The van der Waals surface area contributed by atoms with Crippen LogP contribution in [0, 0.1) is 5.92 Å². The average Bonchev–Trinajstić information content (AvgIpc) is 3.00. The van der Waals surface area contributed by atoms with Gasteiger partial charge in [-0.25, -0.2) is 4.79 Å². The van der Waals surface area contributed by atoms with Crippen molar-refractivity contribution in [3.05, 3.63) is 28.2 Å². The van der Waals surface area contributed by atoms with Crippen molar-refractivity contribution in [2.75, 3.05) is 5.32 Å². The second kappa shape index (κ2) is 5.08. The lowest BCUT2D eigenvalue weighted by atomic mass is 10.1. The number of carboxylic acids is 1. The third kappa shape index (κ3) is 3.22. The van der Waals surface area contributed by atoms with Crippen molar-refractivity contribution in [2.24, 2.45) is 5.92 Å². The van der Waals surface area contributed by atoms with Gasteiger partial charge in [0.15, 0.2) is 0 Å². The minimum atomic E-state index is -0.904. The first-order chi connectivity index (χ1) is 8.08. The second-order valence-electron chi connectivity index (χ2n) is 4.69. The van der Waals surface area contributed by atoms with Crippen molar-refractivity contribution >= 4 is 27.6 Å². The first-order valence-corrected chi connectivity index (χ1v) is 6.65. The van der Waals surface area contributed by atoms with E-state index in [0.717, 1.165) is 12.3 Å². The quantitative estimate of drug-likeness (QED) is 0.870. The number of rotatable bonds is 5. The summed E-state index contributed by atoms with van der Waals surface area (Å²) in [5.41, 5.74) is 1.01. The SMILES string of the molecule is CC(CC1CC1)Nc1cccc(Br)c1C(=O)O. The van der Waals surface area contributed by atoms with Gasteiger partial charge in [0, 0.05) is 10.5 Å². The number of anilines is 1. The van der Waals surface area contributed by atoms with Crippen LogP contribution in [-0.4, -0.2) is 17.1 Å². The first-order valence-electron chi connectivity index (χ1n) is 5.86. The Hall–Kier alpha value is -1.03. The molecule has 4 heteroatoms. The summed E-state index contributed by atoms with van der Waals surface area (Å²) < 4.78 is 0.619. The summed E-state index contributed by atoms with van der Waals surface area (Å²) in [4.78, 5) is 11.2. The Kier molecular flexibility index (Phi) is 3.72. The molecule has 2 N–H and O–H groups in total. The molecule has 0 radical (unpaired) electrons. The lowest BCUT2D eigenvalue weighted by molar-refractivity contribution is 0.0697. The highest BCUT2D eigenvalue weighted by Crippen LogP contribution is 2.34. The fraction of sp³-hybridized carbons (Fsp3) is 0.462. The molecule has 0 heterocycles. The Labute approximate surface area is 109 Å². The molecule has 2 rings (SSSR count). The van der Waals surface area contributed by atoms with Crippen LogP contribution in [0.5, 0.6) is 0 Å². The smallest absolute Gasteiger partial charge is 0.338 e. The molecular formula is C13H16BrNO2. The number of benzene rings is 1. The van der Waals surface area contributed by atoms with Crippen LogP contribution in [0.25, 0.3) is 0 Å². The number of hydrogen-bond acceptors (Lipinski definition) is 2. The van der Waals surface area contributed by atoms with Crippen LogP contribution in [0.4, 0.5) is 5.69 Å². The van der Waals surface area contributed by atoms with Gasteiger partial charge in [-0.2, -0.15) is 0 Å². The molecular weight excluding hydrogens is 282 g/mol. The monoisotopic (exact) mass is 297 g/mol. The van der Waals surface area contributed by atoms with Gasteiger partial charge in [-0.1, -0.05) is 18.9 Å². The van der Waals surface area contributed by atoms with E-state index in [1.807, 2.05) is 12.1 Å². The van der Waals surface area contributed by atoms with Crippen LogP contribution in [0.1, 0.15) is 36.5 Å². The van der Waals surface area contributed by atoms with E-state index in [1.165, 1.54) is 12.8 Å². The maximum absolute atomic E-state index is 11.2. The Bertz CT molecular complexity index is 429. The van der Waals surface area contributed by atoms with Gasteiger partial charge in [-0.3, -0.25) is 0 Å². The molecule has 92 valence electrons. The molecule has 3 nitrogen and oxygen atoms in total.